The number of benzene rings is 2. The molecule has 3 aromatic rings. The van der Waals surface area contributed by atoms with Crippen LogP contribution in [0.15, 0.2) is 48.5 Å². The Morgan fingerprint density at radius 2 is 2.03 bits per heavy atom. The van der Waals surface area contributed by atoms with Crippen LogP contribution < -0.4 is 0 Å². The van der Waals surface area contributed by atoms with E-state index in [9.17, 15) is 15.0 Å². The number of likely N-dealkylation sites (tertiary alicyclic amines) is 1. The van der Waals surface area contributed by atoms with Gasteiger partial charge in [0.05, 0.1) is 11.2 Å². The number of nitrogens with zero attached hydrogens (tertiary/aromatic N) is 3. The van der Waals surface area contributed by atoms with Crippen LogP contribution in [0.1, 0.15) is 24.0 Å². The zero-order chi connectivity index (χ0) is 20.6. The molecule has 2 aromatic carbocycles. The zero-order valence-corrected chi connectivity index (χ0v) is 16.2. The average molecular weight is 391 g/mol. The van der Waals surface area contributed by atoms with Gasteiger partial charge in [-0.15, -0.1) is 0 Å². The maximum Gasteiger partial charge on any atom is 0.267 e. The van der Waals surface area contributed by atoms with E-state index in [0.717, 1.165) is 16.6 Å². The van der Waals surface area contributed by atoms with Crippen LogP contribution in [-0.4, -0.2) is 57.1 Å². The first kappa shape index (κ1) is 19.2. The lowest BCUT2D eigenvalue weighted by Crippen LogP contribution is -2.37. The van der Waals surface area contributed by atoms with Crippen LogP contribution in [0.4, 0.5) is 0 Å². The van der Waals surface area contributed by atoms with Crippen LogP contribution in [0.2, 0.25) is 0 Å². The smallest absolute Gasteiger partial charge is 0.267 e. The number of fused-ring (bicyclic) bond motifs is 1. The van der Waals surface area contributed by atoms with Gasteiger partial charge in [-0.05, 0) is 24.3 Å². The summed E-state index contributed by atoms with van der Waals surface area (Å²) in [5.74, 6) is 5.26. The van der Waals surface area contributed by atoms with Gasteiger partial charge < -0.3 is 19.8 Å². The van der Waals surface area contributed by atoms with E-state index in [4.69, 9.17) is 4.74 Å². The summed E-state index contributed by atoms with van der Waals surface area (Å²) in [7, 11) is 3.07. The Kier molecular flexibility index (Phi) is 4.84. The summed E-state index contributed by atoms with van der Waals surface area (Å²) < 4.78 is 6.75. The molecule has 1 unspecified atom stereocenters. The minimum absolute atomic E-state index is 0.289. The molecule has 1 aliphatic rings. The lowest BCUT2D eigenvalue weighted by atomic mass is 10.0. The Bertz CT molecular complexity index is 1140. The van der Waals surface area contributed by atoms with Crippen LogP contribution in [0, 0.1) is 11.8 Å². The Labute approximate surface area is 168 Å². The molecular weight excluding hydrogens is 370 g/mol. The Morgan fingerprint density at radius 3 is 2.76 bits per heavy atom. The van der Waals surface area contributed by atoms with Crippen molar-refractivity contribution in [3.8, 4) is 17.5 Å². The summed E-state index contributed by atoms with van der Waals surface area (Å²) in [6.07, 6.45) is -0.847. The number of hydrogen-bond donors (Lipinski definition) is 2. The minimum atomic E-state index is -1.64. The molecule has 1 fully saturated rings. The number of para-hydroxylation sites is 1. The second kappa shape index (κ2) is 7.33. The molecule has 0 saturated carbocycles. The quantitative estimate of drug-likeness (QED) is 0.523. The summed E-state index contributed by atoms with van der Waals surface area (Å²) in [5, 5.41) is 25.9. The Morgan fingerprint density at radius 1 is 1.24 bits per heavy atom. The van der Waals surface area contributed by atoms with Crippen LogP contribution in [0.25, 0.3) is 16.6 Å². The average Bonchev–Trinajstić information content (AvgIpc) is 3.26. The van der Waals surface area contributed by atoms with E-state index >= 15 is 0 Å². The van der Waals surface area contributed by atoms with E-state index in [1.807, 2.05) is 42.5 Å². The summed E-state index contributed by atoms with van der Waals surface area (Å²) in [5.41, 5.74) is 0.985. The molecule has 1 saturated heterocycles. The van der Waals surface area contributed by atoms with Crippen LogP contribution in [-0.2, 0) is 9.53 Å². The summed E-state index contributed by atoms with van der Waals surface area (Å²) in [6.45, 7) is 0.480. The molecule has 7 nitrogen and oxygen atoms in total. The van der Waals surface area contributed by atoms with Gasteiger partial charge in [0.15, 0.2) is 0 Å². The van der Waals surface area contributed by atoms with Crippen molar-refractivity contribution < 1.29 is 19.7 Å². The zero-order valence-electron chi connectivity index (χ0n) is 16.2. The number of aliphatic hydroxyl groups excluding tert-OH is 1. The lowest BCUT2D eigenvalue weighted by molar-refractivity contribution is -0.137. The standard InChI is InChI=1S/C22H21N3O4/c1-24-13-12-22(28,21(24)27)11-10-15-6-5-7-16(14-15)25-18-9-4-3-8-17(18)19(23-25)20(26)29-2/h3-9,14,20,26,28H,12-13H2,1-2H3/t20?,22-/m0/s1. The number of carbonyl (C=O) groups excluding carboxylic acids is 1. The fraction of sp³-hybridized carbons (Fsp3) is 0.273. The van der Waals surface area contributed by atoms with Gasteiger partial charge in [0, 0.05) is 38.1 Å². The van der Waals surface area contributed by atoms with Crippen molar-refractivity contribution >= 4 is 16.8 Å². The highest BCUT2D eigenvalue weighted by molar-refractivity contribution is 5.90. The SMILES string of the molecule is COC(O)c1nn(-c2cccc(C#C[C@]3(O)CCN(C)C3=O)c2)c2ccccc12. The van der Waals surface area contributed by atoms with Crippen LogP contribution >= 0.6 is 0 Å². The molecule has 1 aliphatic heterocycles. The van der Waals surface area contributed by atoms with Crippen LogP contribution in [0.5, 0.6) is 0 Å². The summed E-state index contributed by atoms with van der Waals surface area (Å²) in [4.78, 5) is 13.6. The number of amides is 1. The molecule has 2 atom stereocenters. The van der Waals surface area contributed by atoms with E-state index in [-0.39, 0.29) is 12.3 Å². The molecule has 0 radical (unpaired) electrons. The van der Waals surface area contributed by atoms with Gasteiger partial charge in [-0.3, -0.25) is 4.79 Å². The van der Waals surface area contributed by atoms with Crippen molar-refractivity contribution in [1.29, 1.82) is 0 Å². The van der Waals surface area contributed by atoms with E-state index in [0.29, 0.717) is 17.8 Å². The van der Waals surface area contributed by atoms with Crippen molar-refractivity contribution in [2.45, 2.75) is 18.3 Å². The molecule has 2 N–H and O–H groups in total. The highest BCUT2D eigenvalue weighted by atomic mass is 16.6. The first-order chi connectivity index (χ1) is 13.9. The van der Waals surface area contributed by atoms with Gasteiger partial charge in [-0.1, -0.05) is 36.1 Å². The Balaban J connectivity index is 1.74. The predicted molar refractivity (Wildman–Crippen MR) is 107 cm³/mol. The van der Waals surface area contributed by atoms with E-state index in [1.54, 1.807) is 17.8 Å². The van der Waals surface area contributed by atoms with E-state index in [2.05, 4.69) is 16.9 Å². The van der Waals surface area contributed by atoms with Crippen molar-refractivity contribution in [3.63, 3.8) is 0 Å². The Hall–Kier alpha value is -3.18. The molecule has 0 aliphatic carbocycles. The van der Waals surface area contributed by atoms with E-state index < -0.39 is 11.9 Å². The fourth-order valence-corrected chi connectivity index (χ4v) is 3.44. The van der Waals surface area contributed by atoms with Gasteiger partial charge in [-0.2, -0.15) is 5.10 Å². The lowest BCUT2D eigenvalue weighted by Gasteiger charge is -2.13. The molecular formula is C22H21N3O4. The maximum absolute atomic E-state index is 12.1. The number of carbonyl (C=O) groups is 1. The molecule has 7 heteroatoms. The molecule has 4 rings (SSSR count). The fourth-order valence-electron chi connectivity index (χ4n) is 3.44. The third-order valence-corrected chi connectivity index (χ3v) is 5.09. The van der Waals surface area contributed by atoms with Gasteiger partial charge in [0.1, 0.15) is 5.69 Å². The first-order valence-corrected chi connectivity index (χ1v) is 9.23. The largest absolute Gasteiger partial charge is 0.369 e. The second-order valence-electron chi connectivity index (χ2n) is 7.04. The molecule has 0 bridgehead atoms. The molecule has 2 heterocycles. The summed E-state index contributed by atoms with van der Waals surface area (Å²) in [6, 6.07) is 14.9. The maximum atomic E-state index is 12.1. The molecule has 1 aromatic heterocycles. The molecule has 0 spiro atoms. The molecule has 29 heavy (non-hydrogen) atoms. The summed E-state index contributed by atoms with van der Waals surface area (Å²) >= 11 is 0. The van der Waals surface area contributed by atoms with Crippen molar-refractivity contribution in [3.05, 3.63) is 59.8 Å². The number of ether oxygens (including phenoxy) is 1. The highest BCUT2D eigenvalue weighted by Gasteiger charge is 2.42. The van der Waals surface area contributed by atoms with Crippen LogP contribution in [0.3, 0.4) is 0 Å². The highest BCUT2D eigenvalue weighted by Crippen LogP contribution is 2.27. The third-order valence-electron chi connectivity index (χ3n) is 5.09. The topological polar surface area (TPSA) is 87.8 Å². The van der Waals surface area contributed by atoms with E-state index in [1.165, 1.54) is 12.0 Å². The number of likely N-dealkylation sites (N-methyl/N-ethyl adjacent to an activating group) is 1. The van der Waals surface area contributed by atoms with Gasteiger partial charge >= 0.3 is 0 Å². The van der Waals surface area contributed by atoms with Gasteiger partial charge in [0.25, 0.3) is 5.91 Å². The van der Waals surface area contributed by atoms with Crippen molar-refractivity contribution in [1.82, 2.24) is 14.7 Å². The molecule has 1 amide bonds. The first-order valence-electron chi connectivity index (χ1n) is 9.23. The third kappa shape index (κ3) is 3.38. The van der Waals surface area contributed by atoms with Gasteiger partial charge in [0.2, 0.25) is 11.9 Å². The normalized spacial score (nSPS) is 20.0. The predicted octanol–water partition coefficient (Wildman–Crippen LogP) is 1.61. The van der Waals surface area contributed by atoms with Crippen molar-refractivity contribution in [2.24, 2.45) is 0 Å². The van der Waals surface area contributed by atoms with Gasteiger partial charge in [-0.25, -0.2) is 4.68 Å². The number of rotatable bonds is 3. The number of aromatic nitrogens is 2. The monoisotopic (exact) mass is 391 g/mol. The minimum Gasteiger partial charge on any atom is -0.369 e. The number of aliphatic hydroxyl groups is 2. The number of hydrogen-bond acceptors (Lipinski definition) is 5. The second-order valence-corrected chi connectivity index (χ2v) is 7.04. The number of methoxy groups -OCH3 is 1. The van der Waals surface area contributed by atoms with Crippen molar-refractivity contribution in [2.75, 3.05) is 20.7 Å². The molecule has 148 valence electrons.